The van der Waals surface area contributed by atoms with E-state index in [0.29, 0.717) is 11.2 Å². The summed E-state index contributed by atoms with van der Waals surface area (Å²) in [5.74, 6) is 0. The molecule has 0 radical (unpaired) electrons. The molecule has 0 spiro atoms. The number of carbonyl (C=O) groups is 1. The van der Waals surface area contributed by atoms with Crippen molar-refractivity contribution >= 4 is 23.5 Å². The molecule has 0 saturated heterocycles. The number of carbonyl (C=O) groups excluding carboxylic acids is 1. The van der Waals surface area contributed by atoms with Gasteiger partial charge in [-0.2, -0.15) is 0 Å². The Morgan fingerprint density at radius 2 is 2.31 bits per heavy atom. The van der Waals surface area contributed by atoms with Crippen molar-refractivity contribution in [1.29, 1.82) is 0 Å². The smallest absolute Gasteiger partial charge is 0.171 e. The molecule has 0 saturated carbocycles. The topological polar surface area (TPSA) is 53.0 Å². The summed E-state index contributed by atoms with van der Waals surface area (Å²) in [6.45, 7) is 0. The number of pyridine rings is 1. The van der Waals surface area contributed by atoms with Crippen LogP contribution in [-0.2, 0) is 16.0 Å². The van der Waals surface area contributed by atoms with Gasteiger partial charge in [-0.3, -0.25) is 9.78 Å². The maximum atomic E-state index is 11.0. The van der Waals surface area contributed by atoms with E-state index in [4.69, 9.17) is 0 Å². The van der Waals surface area contributed by atoms with Crippen LogP contribution in [0.4, 0.5) is 0 Å². The lowest BCUT2D eigenvalue weighted by Gasteiger charge is -2.03. The quantitative estimate of drug-likeness (QED) is 0.411. The van der Waals surface area contributed by atoms with E-state index in [1.807, 2.05) is 0 Å². The molecule has 0 aliphatic rings. The molecule has 0 fully saturated rings. The van der Waals surface area contributed by atoms with Crippen LogP contribution >= 0.6 is 0 Å². The molecule has 0 bridgehead atoms. The first kappa shape index (κ1) is 9.95. The molecular weight excluding hydrogens is 186 g/mol. The van der Waals surface area contributed by atoms with Crippen molar-refractivity contribution in [2.24, 2.45) is 0 Å². The molecule has 1 rings (SSSR count). The lowest BCUT2D eigenvalue weighted by Crippen LogP contribution is -1.97. The predicted molar refractivity (Wildman–Crippen MR) is 51.7 cm³/mol. The molecule has 0 aromatic carbocycles. The molecule has 1 unspecified atom stereocenters. The van der Waals surface area contributed by atoms with E-state index in [0.717, 1.165) is 5.56 Å². The van der Waals surface area contributed by atoms with Crippen molar-refractivity contribution < 1.29 is 9.35 Å². The highest BCUT2D eigenvalue weighted by Crippen LogP contribution is 2.09. The average Bonchev–Trinajstić information content (AvgIpc) is 2.15. The second kappa shape index (κ2) is 4.79. The van der Waals surface area contributed by atoms with Crippen LogP contribution in [0.5, 0.6) is 0 Å². The van der Waals surface area contributed by atoms with Gasteiger partial charge in [-0.25, -0.2) is 0 Å². The van der Waals surface area contributed by atoms with Crippen LogP contribution in [0.15, 0.2) is 29.4 Å². The molecule has 1 aromatic heterocycles. The molecule has 0 N–H and O–H groups in total. The molecule has 13 heavy (non-hydrogen) atoms. The van der Waals surface area contributed by atoms with Gasteiger partial charge >= 0.3 is 0 Å². The Kier molecular flexibility index (Phi) is 3.67. The van der Waals surface area contributed by atoms with E-state index in [9.17, 15) is 9.35 Å². The van der Waals surface area contributed by atoms with E-state index < -0.39 is 11.2 Å². The van der Waals surface area contributed by atoms with E-state index in [2.05, 4.69) is 4.98 Å². The Morgan fingerprint density at radius 3 is 2.92 bits per heavy atom. The van der Waals surface area contributed by atoms with Crippen molar-refractivity contribution in [3.05, 3.63) is 30.1 Å². The Labute approximate surface area is 79.7 Å². The molecule has 1 heterocycles. The second-order valence-electron chi connectivity index (χ2n) is 2.40. The number of hydrogen-bond acceptors (Lipinski definition) is 3. The number of allylic oxidation sites excluding steroid dienone is 1. The fraction of sp³-hybridized carbons (Fsp3) is 0.111. The molecular formula is C9H9NO2S. The monoisotopic (exact) mass is 195 g/mol. The van der Waals surface area contributed by atoms with Crippen LogP contribution in [-0.4, -0.2) is 22.1 Å². The van der Waals surface area contributed by atoms with Crippen molar-refractivity contribution in [2.45, 2.75) is 4.90 Å². The Bertz CT molecular complexity index is 323. The molecule has 68 valence electrons. The number of hydrogen-bond donors (Lipinski definition) is 0. The molecule has 1 atom stereocenters. The molecule has 3 nitrogen and oxygen atoms in total. The zero-order valence-corrected chi connectivity index (χ0v) is 7.95. The zero-order valence-electron chi connectivity index (χ0n) is 7.14. The van der Waals surface area contributed by atoms with Gasteiger partial charge in [0, 0.05) is 12.3 Å². The fourth-order valence-electron chi connectivity index (χ4n) is 0.834. The first-order valence-electron chi connectivity index (χ1n) is 3.64. The second-order valence-corrected chi connectivity index (χ2v) is 3.78. The molecule has 4 heteroatoms. The highest BCUT2D eigenvalue weighted by Gasteiger charge is 2.03. The van der Waals surface area contributed by atoms with Gasteiger partial charge in [-0.05, 0) is 22.8 Å². The lowest BCUT2D eigenvalue weighted by molar-refractivity contribution is -0.104. The molecule has 0 aliphatic carbocycles. The first-order valence-corrected chi connectivity index (χ1v) is 5.20. The van der Waals surface area contributed by atoms with Crippen LogP contribution in [0.25, 0.3) is 6.08 Å². The minimum atomic E-state index is -1.03. The van der Waals surface area contributed by atoms with Gasteiger partial charge in [0.1, 0.15) is 12.5 Å². The van der Waals surface area contributed by atoms with Gasteiger partial charge < -0.3 is 4.55 Å². The maximum absolute atomic E-state index is 11.0. The Morgan fingerprint density at radius 1 is 1.54 bits per heavy atom. The van der Waals surface area contributed by atoms with E-state index in [1.165, 1.54) is 6.08 Å². The zero-order chi connectivity index (χ0) is 9.68. The summed E-state index contributed by atoms with van der Waals surface area (Å²) >= 11 is -1.03. The molecule has 0 aliphatic heterocycles. The summed E-state index contributed by atoms with van der Waals surface area (Å²) in [5.41, 5.74) is 0.778. The van der Waals surface area contributed by atoms with Gasteiger partial charge in [0.05, 0.1) is 6.20 Å². The summed E-state index contributed by atoms with van der Waals surface area (Å²) in [6.07, 6.45) is 8.43. The maximum Gasteiger partial charge on any atom is 0.171 e. The summed E-state index contributed by atoms with van der Waals surface area (Å²) in [4.78, 5) is 14.6. The minimum absolute atomic E-state index is 0.660. The largest absolute Gasteiger partial charge is 0.612 e. The van der Waals surface area contributed by atoms with Crippen LogP contribution in [0.3, 0.4) is 0 Å². The normalized spacial score (nSPS) is 13.1. The van der Waals surface area contributed by atoms with E-state index in [1.54, 1.807) is 30.8 Å². The van der Waals surface area contributed by atoms with Gasteiger partial charge in [-0.1, -0.05) is 6.08 Å². The average molecular weight is 195 g/mol. The summed E-state index contributed by atoms with van der Waals surface area (Å²) in [6, 6.07) is 1.74. The van der Waals surface area contributed by atoms with Gasteiger partial charge in [0.2, 0.25) is 0 Å². The Hall–Kier alpha value is -1.13. The standard InChI is InChI=1S/C9H9NO2S/c1-13(12)9-5-8(3-2-4-11)6-10-7-9/h2-7H,1H3/b3-2+. The van der Waals surface area contributed by atoms with Crippen molar-refractivity contribution in [3.8, 4) is 0 Å². The van der Waals surface area contributed by atoms with Crippen molar-refractivity contribution in [1.82, 2.24) is 4.98 Å². The predicted octanol–water partition coefficient (Wildman–Crippen LogP) is 1.03. The Balaban J connectivity index is 2.91. The third-order valence-electron chi connectivity index (χ3n) is 1.43. The number of rotatable bonds is 3. The van der Waals surface area contributed by atoms with Crippen LogP contribution in [0, 0.1) is 0 Å². The van der Waals surface area contributed by atoms with Gasteiger partial charge in [0.15, 0.2) is 4.90 Å². The van der Waals surface area contributed by atoms with Crippen LogP contribution in [0.1, 0.15) is 5.56 Å². The number of aromatic nitrogens is 1. The summed E-state index contributed by atoms with van der Waals surface area (Å²) < 4.78 is 11.0. The highest BCUT2D eigenvalue weighted by atomic mass is 32.2. The lowest BCUT2D eigenvalue weighted by atomic mass is 10.3. The number of nitrogens with zero attached hydrogens (tertiary/aromatic N) is 1. The van der Waals surface area contributed by atoms with Gasteiger partial charge in [-0.15, -0.1) is 0 Å². The summed E-state index contributed by atoms with van der Waals surface area (Å²) in [7, 11) is 0. The van der Waals surface area contributed by atoms with E-state index >= 15 is 0 Å². The van der Waals surface area contributed by atoms with E-state index in [-0.39, 0.29) is 0 Å². The van der Waals surface area contributed by atoms with Gasteiger partial charge in [0.25, 0.3) is 0 Å². The number of aldehydes is 1. The van der Waals surface area contributed by atoms with Crippen molar-refractivity contribution in [2.75, 3.05) is 6.26 Å². The molecule has 1 aromatic rings. The third kappa shape index (κ3) is 3.01. The van der Waals surface area contributed by atoms with Crippen molar-refractivity contribution in [3.63, 3.8) is 0 Å². The highest BCUT2D eigenvalue weighted by molar-refractivity contribution is 7.90. The first-order chi connectivity index (χ1) is 6.24. The molecule has 0 amide bonds. The van der Waals surface area contributed by atoms with Crippen LogP contribution in [0.2, 0.25) is 0 Å². The summed E-state index contributed by atoms with van der Waals surface area (Å²) in [5, 5.41) is 0. The van der Waals surface area contributed by atoms with Crippen LogP contribution < -0.4 is 0 Å². The minimum Gasteiger partial charge on any atom is -0.612 e. The fourth-order valence-corrected chi connectivity index (χ4v) is 1.35. The third-order valence-corrected chi connectivity index (χ3v) is 2.32. The SMILES string of the molecule is C[S+]([O-])c1cncc(/C=C/C=O)c1.